The second kappa shape index (κ2) is 3.75. The highest BCUT2D eigenvalue weighted by atomic mass is 16.5. The van der Waals surface area contributed by atoms with Crippen molar-refractivity contribution in [2.75, 3.05) is 7.11 Å². The van der Waals surface area contributed by atoms with E-state index in [1.165, 1.54) is 13.2 Å². The molecule has 0 atom stereocenters. The van der Waals surface area contributed by atoms with Gasteiger partial charge in [0.05, 0.1) is 7.11 Å². The molecule has 0 fully saturated rings. The predicted molar refractivity (Wildman–Crippen MR) is 47.4 cm³/mol. The number of rotatable bonds is 2. The summed E-state index contributed by atoms with van der Waals surface area (Å²) in [6.07, 6.45) is 4.85. The van der Waals surface area contributed by atoms with Gasteiger partial charge in [0.1, 0.15) is 11.5 Å². The van der Waals surface area contributed by atoms with Crippen LogP contribution in [0.2, 0.25) is 0 Å². The molecule has 1 rings (SSSR count). The van der Waals surface area contributed by atoms with Gasteiger partial charge in [-0.25, -0.2) is 9.78 Å². The molecule has 0 amide bonds. The lowest BCUT2D eigenvalue weighted by Crippen LogP contribution is -2.13. The largest absolute Gasteiger partial charge is 0.464 e. The maximum atomic E-state index is 10.9. The lowest BCUT2D eigenvalue weighted by Gasteiger charge is -1.98. The second-order valence-corrected chi connectivity index (χ2v) is 2.49. The zero-order chi connectivity index (χ0) is 9.84. The van der Waals surface area contributed by atoms with Gasteiger partial charge in [-0.2, -0.15) is 0 Å². The van der Waals surface area contributed by atoms with Crippen LogP contribution in [0.15, 0.2) is 18.1 Å². The van der Waals surface area contributed by atoms with Gasteiger partial charge in [-0.3, -0.25) is 0 Å². The summed E-state index contributed by atoms with van der Waals surface area (Å²) in [6, 6.07) is 0. The molecule has 0 aliphatic rings. The Hall–Kier alpha value is -1.78. The highest BCUT2D eigenvalue weighted by Gasteiger charge is 2.05. The molecule has 1 aromatic heterocycles. The molecular formula is C8H11N3O2. The van der Waals surface area contributed by atoms with Crippen molar-refractivity contribution in [3.8, 4) is 0 Å². The number of hydrogen-bond donors (Lipinski definition) is 1. The molecule has 1 aromatic rings. The fourth-order valence-electron chi connectivity index (χ4n) is 0.832. The predicted octanol–water partition coefficient (Wildman–Crippen LogP) is -0.107. The van der Waals surface area contributed by atoms with Crippen molar-refractivity contribution in [3.05, 3.63) is 23.9 Å². The normalized spacial score (nSPS) is 11.4. The highest BCUT2D eigenvalue weighted by Crippen LogP contribution is 2.00. The number of aryl methyl sites for hydroxylation is 1. The van der Waals surface area contributed by atoms with Gasteiger partial charge in [-0.05, 0) is 0 Å². The Balaban J connectivity index is 2.88. The van der Waals surface area contributed by atoms with E-state index in [2.05, 4.69) is 9.72 Å². The van der Waals surface area contributed by atoms with Gasteiger partial charge in [-0.15, -0.1) is 0 Å². The smallest absolute Gasteiger partial charge is 0.354 e. The van der Waals surface area contributed by atoms with Crippen LogP contribution in [0.3, 0.4) is 0 Å². The molecule has 0 aromatic carbocycles. The number of ether oxygens (including phenoxy) is 1. The first-order chi connectivity index (χ1) is 6.15. The van der Waals surface area contributed by atoms with Crippen LogP contribution in [0.1, 0.15) is 5.82 Å². The third-order valence-corrected chi connectivity index (χ3v) is 1.56. The summed E-state index contributed by atoms with van der Waals surface area (Å²) in [4.78, 5) is 14.9. The minimum absolute atomic E-state index is 0.0387. The van der Waals surface area contributed by atoms with Crippen molar-refractivity contribution in [2.24, 2.45) is 12.8 Å². The molecule has 2 N–H and O–H groups in total. The number of imidazole rings is 1. The minimum atomic E-state index is -0.553. The fraction of sp³-hybridized carbons (Fsp3) is 0.250. The average molecular weight is 181 g/mol. The van der Waals surface area contributed by atoms with Crippen LogP contribution in [0.5, 0.6) is 0 Å². The maximum Gasteiger partial charge on any atom is 0.354 e. The van der Waals surface area contributed by atoms with Gasteiger partial charge in [0.15, 0.2) is 0 Å². The third kappa shape index (κ3) is 2.08. The Kier molecular flexibility index (Phi) is 2.69. The van der Waals surface area contributed by atoms with Crippen LogP contribution in [0.4, 0.5) is 0 Å². The summed E-state index contributed by atoms with van der Waals surface area (Å²) >= 11 is 0. The summed E-state index contributed by atoms with van der Waals surface area (Å²) in [5.41, 5.74) is 5.46. The van der Waals surface area contributed by atoms with E-state index in [1.807, 2.05) is 7.05 Å². The van der Waals surface area contributed by atoms with E-state index in [0.29, 0.717) is 5.82 Å². The monoisotopic (exact) mass is 181 g/mol. The van der Waals surface area contributed by atoms with E-state index in [0.717, 1.165) is 0 Å². The Morgan fingerprint density at radius 2 is 2.46 bits per heavy atom. The highest BCUT2D eigenvalue weighted by molar-refractivity contribution is 5.91. The van der Waals surface area contributed by atoms with E-state index < -0.39 is 5.97 Å². The zero-order valence-corrected chi connectivity index (χ0v) is 7.52. The van der Waals surface area contributed by atoms with Crippen LogP contribution < -0.4 is 5.73 Å². The van der Waals surface area contributed by atoms with Crippen molar-refractivity contribution in [1.29, 1.82) is 0 Å². The molecular weight excluding hydrogens is 170 g/mol. The molecule has 0 aliphatic carbocycles. The van der Waals surface area contributed by atoms with Gasteiger partial charge < -0.3 is 15.0 Å². The van der Waals surface area contributed by atoms with Crippen LogP contribution >= 0.6 is 0 Å². The van der Waals surface area contributed by atoms with E-state index >= 15 is 0 Å². The molecule has 13 heavy (non-hydrogen) atoms. The van der Waals surface area contributed by atoms with Gasteiger partial charge in [0, 0.05) is 25.5 Å². The van der Waals surface area contributed by atoms with E-state index in [1.54, 1.807) is 17.0 Å². The summed E-state index contributed by atoms with van der Waals surface area (Å²) in [6.45, 7) is 0. The van der Waals surface area contributed by atoms with E-state index in [-0.39, 0.29) is 5.70 Å². The number of nitrogens with zero attached hydrogens (tertiary/aromatic N) is 2. The number of methoxy groups -OCH3 is 1. The Morgan fingerprint density at radius 1 is 1.77 bits per heavy atom. The minimum Gasteiger partial charge on any atom is -0.464 e. The molecule has 0 radical (unpaired) electrons. The second-order valence-electron chi connectivity index (χ2n) is 2.49. The van der Waals surface area contributed by atoms with Gasteiger partial charge in [-0.1, -0.05) is 0 Å². The number of carbonyl (C=O) groups excluding carboxylic acids is 1. The Bertz CT molecular complexity index is 341. The fourth-order valence-corrected chi connectivity index (χ4v) is 0.832. The maximum absolute atomic E-state index is 10.9. The standard InChI is InChI=1S/C8H11N3O2/c1-11-4-3-10-7(11)5-6(9)8(12)13-2/h3-5H,9H2,1-2H3. The summed E-state index contributed by atoms with van der Waals surface area (Å²) < 4.78 is 6.18. The molecule has 0 saturated heterocycles. The van der Waals surface area contributed by atoms with Crippen molar-refractivity contribution in [3.63, 3.8) is 0 Å². The number of esters is 1. The van der Waals surface area contributed by atoms with Gasteiger partial charge >= 0.3 is 5.97 Å². The first kappa shape index (κ1) is 9.31. The Labute approximate surface area is 75.8 Å². The lowest BCUT2D eigenvalue weighted by molar-refractivity contribution is -0.136. The van der Waals surface area contributed by atoms with Gasteiger partial charge in [0.2, 0.25) is 0 Å². The average Bonchev–Trinajstić information content (AvgIpc) is 2.50. The topological polar surface area (TPSA) is 70.1 Å². The van der Waals surface area contributed by atoms with Gasteiger partial charge in [0.25, 0.3) is 0 Å². The van der Waals surface area contributed by atoms with Crippen molar-refractivity contribution in [1.82, 2.24) is 9.55 Å². The van der Waals surface area contributed by atoms with Crippen molar-refractivity contribution >= 4 is 12.0 Å². The van der Waals surface area contributed by atoms with Crippen molar-refractivity contribution in [2.45, 2.75) is 0 Å². The van der Waals surface area contributed by atoms with Crippen LogP contribution in [-0.2, 0) is 16.6 Å². The lowest BCUT2D eigenvalue weighted by atomic mass is 10.4. The van der Waals surface area contributed by atoms with Crippen LogP contribution in [0, 0.1) is 0 Å². The molecule has 0 spiro atoms. The van der Waals surface area contributed by atoms with Crippen molar-refractivity contribution < 1.29 is 9.53 Å². The quantitative estimate of drug-likeness (QED) is 0.510. The SMILES string of the molecule is COC(=O)C(N)=Cc1nccn1C. The summed E-state index contributed by atoms with van der Waals surface area (Å²) in [7, 11) is 3.09. The summed E-state index contributed by atoms with van der Waals surface area (Å²) in [5.74, 6) is 0.0610. The van der Waals surface area contributed by atoms with E-state index in [9.17, 15) is 4.79 Å². The van der Waals surface area contributed by atoms with Crippen LogP contribution in [0.25, 0.3) is 6.08 Å². The number of hydrogen-bond acceptors (Lipinski definition) is 4. The number of nitrogens with two attached hydrogens (primary N) is 1. The molecule has 0 aliphatic heterocycles. The molecule has 5 nitrogen and oxygen atoms in total. The molecule has 0 bridgehead atoms. The first-order valence-electron chi connectivity index (χ1n) is 3.68. The third-order valence-electron chi connectivity index (χ3n) is 1.56. The number of carbonyl (C=O) groups is 1. The molecule has 1 heterocycles. The molecule has 70 valence electrons. The zero-order valence-electron chi connectivity index (χ0n) is 7.52. The number of aromatic nitrogens is 2. The molecule has 0 saturated carbocycles. The molecule has 5 heteroatoms. The van der Waals surface area contributed by atoms with Crippen LogP contribution in [-0.4, -0.2) is 22.6 Å². The summed E-state index contributed by atoms with van der Waals surface area (Å²) in [5, 5.41) is 0. The molecule has 0 unspecified atom stereocenters. The Morgan fingerprint density at radius 3 is 2.92 bits per heavy atom. The van der Waals surface area contributed by atoms with E-state index in [4.69, 9.17) is 5.73 Å². The first-order valence-corrected chi connectivity index (χ1v) is 3.68.